The van der Waals surface area contributed by atoms with Crippen molar-refractivity contribution >= 4 is 50.6 Å². The average Bonchev–Trinajstić information content (AvgIpc) is 2.99. The molecule has 5 aromatic carbocycles. The van der Waals surface area contributed by atoms with Crippen molar-refractivity contribution < 1.29 is 0 Å². The van der Waals surface area contributed by atoms with Crippen molar-refractivity contribution in [2.24, 2.45) is 0 Å². The van der Waals surface area contributed by atoms with Crippen molar-refractivity contribution in [1.29, 1.82) is 0 Å². The molecule has 1 aliphatic heterocycles. The van der Waals surface area contributed by atoms with Gasteiger partial charge in [0.15, 0.2) is 0 Å². The number of rotatable bonds is 0. The molecule has 0 saturated heterocycles. The maximum absolute atomic E-state index is 3.80. The summed E-state index contributed by atoms with van der Waals surface area (Å²) in [5, 5.41) is 2.56. The monoisotopic (exact) mass is 502 g/mol. The summed E-state index contributed by atoms with van der Waals surface area (Å²) in [4.78, 5) is 2.65. The second-order valence-corrected chi connectivity index (χ2v) is 10.7. The van der Waals surface area contributed by atoms with Crippen LogP contribution in [0, 0.1) is 0 Å². The maximum atomic E-state index is 3.80. The third-order valence-electron chi connectivity index (χ3n) is 6.99. The van der Waals surface area contributed by atoms with E-state index in [4.69, 9.17) is 0 Å². The maximum Gasteiger partial charge on any atom is 0.0735 e. The van der Waals surface area contributed by atoms with Crippen LogP contribution >= 0.6 is 27.7 Å². The lowest BCUT2D eigenvalue weighted by atomic mass is 9.63. The topological polar surface area (TPSA) is 0 Å². The van der Waals surface area contributed by atoms with Gasteiger partial charge in [-0.1, -0.05) is 113 Å². The largest absolute Gasteiger partial charge is 0.0894 e. The molecule has 0 saturated carbocycles. The van der Waals surface area contributed by atoms with E-state index in [1.54, 1.807) is 0 Å². The van der Waals surface area contributed by atoms with Crippen LogP contribution in [0.4, 0.5) is 0 Å². The molecule has 156 valence electrons. The molecule has 0 N–H and O–H groups in total. The smallest absolute Gasteiger partial charge is 0.0735 e. The molecule has 1 unspecified atom stereocenters. The lowest BCUT2D eigenvalue weighted by Crippen LogP contribution is -2.35. The van der Waals surface area contributed by atoms with Crippen LogP contribution in [0.1, 0.15) is 33.4 Å². The van der Waals surface area contributed by atoms with Crippen molar-refractivity contribution in [3.05, 3.63) is 141 Å². The van der Waals surface area contributed by atoms with Crippen molar-refractivity contribution in [2.45, 2.75) is 15.2 Å². The van der Waals surface area contributed by atoms with Crippen molar-refractivity contribution in [3.63, 3.8) is 0 Å². The summed E-state index contributed by atoms with van der Waals surface area (Å²) in [6.45, 7) is 0. The highest BCUT2D eigenvalue weighted by Gasteiger charge is 2.46. The van der Waals surface area contributed by atoms with E-state index in [0.29, 0.717) is 0 Å². The number of hydrogen-bond acceptors (Lipinski definition) is 1. The molecule has 2 heteroatoms. The Morgan fingerprint density at radius 3 is 2.03 bits per heavy atom. The van der Waals surface area contributed by atoms with Crippen LogP contribution < -0.4 is 0 Å². The zero-order chi connectivity index (χ0) is 22.0. The van der Waals surface area contributed by atoms with Gasteiger partial charge in [0.1, 0.15) is 0 Å². The summed E-state index contributed by atoms with van der Waals surface area (Å²) >= 11 is 5.69. The van der Waals surface area contributed by atoms with Gasteiger partial charge in [0, 0.05) is 14.3 Å². The zero-order valence-electron chi connectivity index (χ0n) is 17.8. The molecule has 0 bridgehead atoms. The van der Waals surface area contributed by atoms with Crippen molar-refractivity contribution in [3.8, 4) is 0 Å². The number of fused-ring (bicyclic) bond motifs is 9. The van der Waals surface area contributed by atoms with E-state index in [2.05, 4.69) is 131 Å². The first-order chi connectivity index (χ1) is 16.2. The molecule has 1 spiro atoms. The van der Waals surface area contributed by atoms with Gasteiger partial charge in [-0.05, 0) is 74.5 Å². The van der Waals surface area contributed by atoms with E-state index >= 15 is 0 Å². The Labute approximate surface area is 206 Å². The molecule has 0 nitrogen and oxygen atoms in total. The Hall–Kier alpha value is -3.07. The molecule has 5 aromatic rings. The van der Waals surface area contributed by atoms with E-state index < -0.39 is 5.41 Å². The Kier molecular flexibility index (Phi) is 4.24. The summed E-state index contributed by atoms with van der Waals surface area (Å²) in [6, 6.07) is 38.1. The van der Waals surface area contributed by atoms with Gasteiger partial charge in [-0.3, -0.25) is 0 Å². The summed E-state index contributed by atoms with van der Waals surface area (Å²) in [5.74, 6) is 0. The zero-order valence-corrected chi connectivity index (χ0v) is 20.2. The minimum atomic E-state index is -0.402. The fourth-order valence-electron chi connectivity index (χ4n) is 5.61. The molecule has 0 aromatic heterocycles. The number of halogens is 1. The molecular formula is C31H19BrS. The average molecular weight is 503 g/mol. The van der Waals surface area contributed by atoms with Gasteiger partial charge in [-0.2, -0.15) is 0 Å². The second-order valence-electron chi connectivity index (χ2n) is 8.70. The predicted molar refractivity (Wildman–Crippen MR) is 143 cm³/mol. The van der Waals surface area contributed by atoms with Crippen LogP contribution in [0.15, 0.2) is 117 Å². The van der Waals surface area contributed by atoms with Crippen LogP contribution in [0.5, 0.6) is 0 Å². The molecule has 7 rings (SSSR count). The summed E-state index contributed by atoms with van der Waals surface area (Å²) in [7, 11) is 0. The van der Waals surface area contributed by atoms with Gasteiger partial charge in [-0.15, -0.1) is 0 Å². The molecule has 1 heterocycles. The lowest BCUT2D eigenvalue weighted by molar-refractivity contribution is 0.702. The Morgan fingerprint density at radius 2 is 1.18 bits per heavy atom. The van der Waals surface area contributed by atoms with Gasteiger partial charge in [0.25, 0.3) is 0 Å². The van der Waals surface area contributed by atoms with E-state index in [-0.39, 0.29) is 0 Å². The Bertz CT molecular complexity index is 1610. The highest BCUT2D eigenvalue weighted by molar-refractivity contribution is 9.10. The molecule has 2 aliphatic rings. The van der Waals surface area contributed by atoms with E-state index in [1.807, 2.05) is 11.8 Å². The van der Waals surface area contributed by atoms with Crippen LogP contribution in [-0.2, 0) is 5.41 Å². The summed E-state index contributed by atoms with van der Waals surface area (Å²) in [6.07, 6.45) is 4.56. The molecule has 1 aliphatic carbocycles. The minimum absolute atomic E-state index is 0.402. The fraction of sp³-hybridized carbons (Fsp3) is 0.0323. The molecule has 1 atom stereocenters. The second kappa shape index (κ2) is 7.21. The normalized spacial score (nSPS) is 17.7. The van der Waals surface area contributed by atoms with Crippen molar-refractivity contribution in [1.82, 2.24) is 0 Å². The van der Waals surface area contributed by atoms with E-state index in [9.17, 15) is 0 Å². The van der Waals surface area contributed by atoms with Crippen LogP contribution in [0.3, 0.4) is 0 Å². The number of benzene rings is 5. The van der Waals surface area contributed by atoms with Gasteiger partial charge in [0.2, 0.25) is 0 Å². The Morgan fingerprint density at radius 1 is 0.515 bits per heavy atom. The fourth-order valence-corrected chi connectivity index (χ4v) is 7.20. The molecule has 0 radical (unpaired) electrons. The SMILES string of the molecule is Brc1ccc2c(c1)C1(c3ccccc3C=C2)c2ccccc2Sc2cc3ccccc3cc21. The van der Waals surface area contributed by atoms with E-state index in [1.165, 1.54) is 53.9 Å². The third kappa shape index (κ3) is 2.71. The first kappa shape index (κ1) is 19.4. The van der Waals surface area contributed by atoms with E-state index in [0.717, 1.165) is 4.47 Å². The quantitative estimate of drug-likeness (QED) is 0.199. The first-order valence-electron chi connectivity index (χ1n) is 11.1. The summed E-state index contributed by atoms with van der Waals surface area (Å²) in [5.41, 5.74) is 7.50. The molecular weight excluding hydrogens is 484 g/mol. The summed E-state index contributed by atoms with van der Waals surface area (Å²) < 4.78 is 1.10. The van der Waals surface area contributed by atoms with Gasteiger partial charge in [-0.25, -0.2) is 0 Å². The third-order valence-corrected chi connectivity index (χ3v) is 8.62. The minimum Gasteiger partial charge on any atom is -0.0894 e. The highest BCUT2D eigenvalue weighted by atomic mass is 79.9. The van der Waals surface area contributed by atoms with Gasteiger partial charge >= 0.3 is 0 Å². The predicted octanol–water partition coefficient (Wildman–Crippen LogP) is 8.93. The number of hydrogen-bond donors (Lipinski definition) is 0. The molecule has 0 amide bonds. The van der Waals surface area contributed by atoms with Crippen molar-refractivity contribution in [2.75, 3.05) is 0 Å². The lowest BCUT2D eigenvalue weighted by Gasteiger charge is -2.43. The molecule has 33 heavy (non-hydrogen) atoms. The van der Waals surface area contributed by atoms with Gasteiger partial charge < -0.3 is 0 Å². The Balaban J connectivity index is 1.74. The van der Waals surface area contributed by atoms with Crippen LogP contribution in [0.2, 0.25) is 0 Å². The first-order valence-corrected chi connectivity index (χ1v) is 12.7. The highest BCUT2D eigenvalue weighted by Crippen LogP contribution is 2.58. The standard InChI is InChI=1S/C31H19BrS/c32-24-16-15-21-14-13-20-7-3-4-10-25(20)31(27(21)19-24)26-11-5-6-12-29(26)33-30-18-23-9-2-1-8-22(23)17-28(30)31/h1-19H. The van der Waals surface area contributed by atoms with Crippen LogP contribution in [0.25, 0.3) is 22.9 Å². The molecule has 0 fully saturated rings. The van der Waals surface area contributed by atoms with Crippen LogP contribution in [-0.4, -0.2) is 0 Å². The van der Waals surface area contributed by atoms with Gasteiger partial charge in [0.05, 0.1) is 5.41 Å².